The molecule has 0 amide bonds. The molecule has 0 saturated heterocycles. The predicted molar refractivity (Wildman–Crippen MR) is 103 cm³/mol. The Kier molecular flexibility index (Phi) is 9.86. The van der Waals surface area contributed by atoms with Crippen molar-refractivity contribution in [1.82, 2.24) is 0 Å². The summed E-state index contributed by atoms with van der Waals surface area (Å²) in [5.74, 6) is 1.15. The first kappa shape index (κ1) is 21.2. The lowest BCUT2D eigenvalue weighted by atomic mass is 10.0. The van der Waals surface area contributed by atoms with E-state index in [0.29, 0.717) is 24.5 Å². The average Bonchev–Trinajstić information content (AvgIpc) is 2.60. The van der Waals surface area contributed by atoms with Gasteiger partial charge in [-0.2, -0.15) is 0 Å². The largest absolute Gasteiger partial charge is 0.457 e. The Morgan fingerprint density at radius 1 is 1.24 bits per heavy atom. The van der Waals surface area contributed by atoms with Crippen LogP contribution in [0.1, 0.15) is 58.9 Å². The highest BCUT2D eigenvalue weighted by atomic mass is 19.1. The van der Waals surface area contributed by atoms with Crippen LogP contribution in [-0.4, -0.2) is 13.2 Å². The minimum absolute atomic E-state index is 0.0228. The molecule has 3 heteroatoms. The molecule has 0 spiro atoms. The van der Waals surface area contributed by atoms with Gasteiger partial charge in [-0.05, 0) is 62.1 Å². The van der Waals surface area contributed by atoms with E-state index >= 15 is 0 Å². The lowest BCUT2D eigenvalue weighted by Crippen LogP contribution is -2.07. The molecule has 0 fully saturated rings. The lowest BCUT2D eigenvalue weighted by molar-refractivity contribution is 0.123. The second kappa shape index (κ2) is 11.6. The number of benzene rings is 1. The van der Waals surface area contributed by atoms with Crippen molar-refractivity contribution in [2.24, 2.45) is 0 Å². The molecule has 0 saturated carbocycles. The second-order valence-electron chi connectivity index (χ2n) is 6.12. The van der Waals surface area contributed by atoms with Crippen molar-refractivity contribution < 1.29 is 13.9 Å². The fraction of sp³-hybridized carbons (Fsp3) is 0.455. The van der Waals surface area contributed by atoms with Gasteiger partial charge in [-0.3, -0.25) is 0 Å². The van der Waals surface area contributed by atoms with Gasteiger partial charge >= 0.3 is 0 Å². The van der Waals surface area contributed by atoms with E-state index in [1.807, 2.05) is 39.0 Å². The number of ether oxygens (including phenoxy) is 2. The van der Waals surface area contributed by atoms with Gasteiger partial charge in [0.15, 0.2) is 0 Å². The molecule has 0 radical (unpaired) electrons. The van der Waals surface area contributed by atoms with E-state index in [0.717, 1.165) is 24.2 Å². The number of halogens is 1. The molecule has 1 aromatic carbocycles. The van der Waals surface area contributed by atoms with Crippen molar-refractivity contribution in [3.63, 3.8) is 0 Å². The maximum absolute atomic E-state index is 14.2. The van der Waals surface area contributed by atoms with E-state index in [2.05, 4.69) is 19.9 Å². The molecular weight excluding hydrogens is 315 g/mol. The lowest BCUT2D eigenvalue weighted by Gasteiger charge is -2.15. The zero-order valence-electron chi connectivity index (χ0n) is 16.1. The quantitative estimate of drug-likeness (QED) is 0.272. The Labute approximate surface area is 152 Å². The van der Waals surface area contributed by atoms with Crippen LogP contribution in [0.5, 0.6) is 5.75 Å². The van der Waals surface area contributed by atoms with Gasteiger partial charge in [0.2, 0.25) is 0 Å². The molecule has 0 aliphatic carbocycles. The van der Waals surface area contributed by atoms with E-state index in [1.54, 1.807) is 12.1 Å². The minimum atomic E-state index is -0.223. The normalized spacial score (nSPS) is 14.2. The molecule has 0 bridgehead atoms. The number of hydrogen-bond acceptors (Lipinski definition) is 2. The van der Waals surface area contributed by atoms with Gasteiger partial charge in [0.1, 0.15) is 17.3 Å². The summed E-state index contributed by atoms with van der Waals surface area (Å²) in [7, 11) is 0. The monoisotopic (exact) mass is 346 g/mol. The fourth-order valence-corrected chi connectivity index (χ4v) is 2.36. The van der Waals surface area contributed by atoms with Crippen molar-refractivity contribution in [2.75, 3.05) is 13.2 Å². The molecular formula is C22H31FO2. The van der Waals surface area contributed by atoms with Crippen LogP contribution in [0.4, 0.5) is 4.39 Å². The SMILES string of the molecule is C\C=C/C(Oc1ccc(F)c(C(C)COCCC)c1)=C(C)\C=C\CC. The second-order valence-corrected chi connectivity index (χ2v) is 6.12. The Bertz CT molecular complexity index is 614. The van der Waals surface area contributed by atoms with Crippen molar-refractivity contribution in [1.29, 1.82) is 0 Å². The Morgan fingerprint density at radius 2 is 2.00 bits per heavy atom. The van der Waals surface area contributed by atoms with Crippen molar-refractivity contribution in [2.45, 2.75) is 53.4 Å². The first-order valence-corrected chi connectivity index (χ1v) is 9.08. The summed E-state index contributed by atoms with van der Waals surface area (Å²) in [6, 6.07) is 4.90. The maximum atomic E-state index is 14.2. The number of rotatable bonds is 10. The highest BCUT2D eigenvalue weighted by molar-refractivity contribution is 5.36. The Hall–Kier alpha value is -1.87. The summed E-state index contributed by atoms with van der Waals surface area (Å²) in [6.45, 7) is 11.3. The predicted octanol–water partition coefficient (Wildman–Crippen LogP) is 6.55. The molecule has 0 aliphatic rings. The zero-order valence-corrected chi connectivity index (χ0v) is 16.1. The standard InChI is InChI=1S/C22H31FO2/c1-6-9-11-17(4)22(10-7-2)25-19-12-13-21(23)20(15-19)18(5)16-24-14-8-3/h7,9-13,15,18H,6,8,14,16H2,1-5H3/b10-7-,11-9+,22-17+. The first-order chi connectivity index (χ1) is 12.0. The topological polar surface area (TPSA) is 18.5 Å². The summed E-state index contributed by atoms with van der Waals surface area (Å²) in [5, 5.41) is 0. The smallest absolute Gasteiger partial charge is 0.129 e. The van der Waals surface area contributed by atoms with Gasteiger partial charge < -0.3 is 9.47 Å². The molecule has 1 unspecified atom stereocenters. The average molecular weight is 346 g/mol. The molecule has 0 aromatic heterocycles. The fourth-order valence-electron chi connectivity index (χ4n) is 2.36. The van der Waals surface area contributed by atoms with Gasteiger partial charge in [0.25, 0.3) is 0 Å². The minimum Gasteiger partial charge on any atom is -0.457 e. The molecule has 138 valence electrons. The third kappa shape index (κ3) is 7.27. The summed E-state index contributed by atoms with van der Waals surface area (Å²) >= 11 is 0. The molecule has 0 heterocycles. The molecule has 0 aliphatic heterocycles. The number of hydrogen-bond donors (Lipinski definition) is 0. The summed E-state index contributed by atoms with van der Waals surface area (Å²) in [4.78, 5) is 0. The molecule has 2 nitrogen and oxygen atoms in total. The van der Waals surface area contributed by atoms with Crippen molar-refractivity contribution >= 4 is 0 Å². The van der Waals surface area contributed by atoms with E-state index in [-0.39, 0.29) is 11.7 Å². The zero-order chi connectivity index (χ0) is 18.7. The van der Waals surface area contributed by atoms with E-state index in [9.17, 15) is 4.39 Å². The Balaban J connectivity index is 3.01. The van der Waals surface area contributed by atoms with Gasteiger partial charge in [-0.15, -0.1) is 0 Å². The van der Waals surface area contributed by atoms with Crippen molar-refractivity contribution in [3.05, 3.63) is 65.2 Å². The van der Waals surface area contributed by atoms with Gasteiger partial charge in [-0.1, -0.05) is 39.0 Å². The van der Waals surface area contributed by atoms with Crippen molar-refractivity contribution in [3.8, 4) is 5.75 Å². The van der Waals surface area contributed by atoms with E-state index in [4.69, 9.17) is 9.47 Å². The molecule has 0 N–H and O–H groups in total. The van der Waals surface area contributed by atoms with Gasteiger partial charge in [0, 0.05) is 12.5 Å². The van der Waals surface area contributed by atoms with Crippen LogP contribution in [-0.2, 0) is 4.74 Å². The maximum Gasteiger partial charge on any atom is 0.129 e. The molecule has 1 atom stereocenters. The van der Waals surface area contributed by atoms with Crippen LogP contribution in [0, 0.1) is 5.82 Å². The molecule has 1 aromatic rings. The highest BCUT2D eigenvalue weighted by Crippen LogP contribution is 2.26. The van der Waals surface area contributed by atoms with Crippen LogP contribution >= 0.6 is 0 Å². The van der Waals surface area contributed by atoms with Crippen LogP contribution in [0.3, 0.4) is 0 Å². The summed E-state index contributed by atoms with van der Waals surface area (Å²) in [6.07, 6.45) is 9.92. The third-order valence-corrected chi connectivity index (χ3v) is 3.75. The van der Waals surface area contributed by atoms with Gasteiger partial charge in [0.05, 0.1) is 6.61 Å². The summed E-state index contributed by atoms with van der Waals surface area (Å²) in [5.41, 5.74) is 1.65. The highest BCUT2D eigenvalue weighted by Gasteiger charge is 2.13. The van der Waals surface area contributed by atoms with Crippen LogP contribution in [0.25, 0.3) is 0 Å². The third-order valence-electron chi connectivity index (χ3n) is 3.75. The first-order valence-electron chi connectivity index (χ1n) is 9.08. The van der Waals surface area contributed by atoms with E-state index in [1.165, 1.54) is 6.07 Å². The van der Waals surface area contributed by atoms with E-state index < -0.39 is 0 Å². The molecule has 25 heavy (non-hydrogen) atoms. The summed E-state index contributed by atoms with van der Waals surface area (Å²) < 4.78 is 25.8. The van der Waals surface area contributed by atoms with Crippen LogP contribution in [0.15, 0.2) is 53.8 Å². The molecule has 1 rings (SSSR count). The van der Waals surface area contributed by atoms with Crippen LogP contribution in [0.2, 0.25) is 0 Å². The van der Waals surface area contributed by atoms with Crippen LogP contribution < -0.4 is 4.74 Å². The number of allylic oxidation sites excluding steroid dienone is 5. The van der Waals surface area contributed by atoms with Gasteiger partial charge in [-0.25, -0.2) is 4.39 Å². The Morgan fingerprint density at radius 3 is 2.64 bits per heavy atom.